The second kappa shape index (κ2) is 9.26. The van der Waals surface area contributed by atoms with Crippen LogP contribution in [0, 0.1) is 0 Å². The number of halogens is 3. The number of benzene rings is 1. The molecule has 2 aromatic heterocycles. The average Bonchev–Trinajstić information content (AvgIpc) is 3.31. The Bertz CT molecular complexity index is 1310. The van der Waals surface area contributed by atoms with Crippen LogP contribution in [0.3, 0.4) is 0 Å². The van der Waals surface area contributed by atoms with E-state index in [9.17, 15) is 15.0 Å². The van der Waals surface area contributed by atoms with Crippen LogP contribution < -0.4 is 9.64 Å². The predicted octanol–water partition coefficient (Wildman–Crippen LogP) is 4.59. The Morgan fingerprint density at radius 1 is 1.24 bits per heavy atom. The fourth-order valence-corrected chi connectivity index (χ4v) is 4.97. The molecule has 37 heavy (non-hydrogen) atoms. The molecule has 10 nitrogen and oxygen atoms in total. The van der Waals surface area contributed by atoms with Crippen molar-refractivity contribution in [2.75, 3.05) is 24.6 Å². The minimum absolute atomic E-state index is 0.00628. The van der Waals surface area contributed by atoms with Gasteiger partial charge in [-0.1, -0.05) is 18.5 Å². The van der Waals surface area contributed by atoms with E-state index in [0.717, 1.165) is 6.42 Å². The van der Waals surface area contributed by atoms with Crippen molar-refractivity contribution in [2.24, 2.45) is 0 Å². The van der Waals surface area contributed by atoms with Crippen molar-refractivity contribution in [1.82, 2.24) is 14.9 Å². The second-order valence-electron chi connectivity index (χ2n) is 8.98. The fourth-order valence-electron chi connectivity index (χ4n) is 4.85. The number of ether oxygens (including phenoxy) is 2. The van der Waals surface area contributed by atoms with Gasteiger partial charge in [-0.25, -0.2) is 4.79 Å². The van der Waals surface area contributed by atoms with Crippen LogP contribution >= 0.6 is 11.6 Å². The summed E-state index contributed by atoms with van der Waals surface area (Å²) in [4.78, 5) is 23.4. The largest absolute Gasteiger partial charge is 0.465 e. The Morgan fingerprint density at radius 3 is 2.57 bits per heavy atom. The first-order valence-electron chi connectivity index (χ1n) is 11.8. The highest BCUT2D eigenvalue weighted by atomic mass is 35.5. The number of aromatic nitrogens is 2. The van der Waals surface area contributed by atoms with E-state index < -0.39 is 24.4 Å². The zero-order valence-electron chi connectivity index (χ0n) is 20.0. The second-order valence-corrected chi connectivity index (χ2v) is 9.41. The first kappa shape index (κ1) is 25.4. The number of pyridine rings is 1. The molecule has 3 atom stereocenters. The van der Waals surface area contributed by atoms with E-state index >= 15 is 8.78 Å². The summed E-state index contributed by atoms with van der Waals surface area (Å²) in [7, 11) is 0. The average molecular weight is 539 g/mol. The first-order valence-corrected chi connectivity index (χ1v) is 12.2. The van der Waals surface area contributed by atoms with Crippen molar-refractivity contribution in [2.45, 2.75) is 50.7 Å². The van der Waals surface area contributed by atoms with E-state index in [1.54, 1.807) is 17.0 Å². The lowest BCUT2D eigenvalue weighted by atomic mass is 9.88. The Hall–Kier alpha value is -3.22. The molecule has 3 fully saturated rings. The monoisotopic (exact) mass is 538 g/mol. The summed E-state index contributed by atoms with van der Waals surface area (Å²) in [5.41, 5.74) is 1.07. The minimum atomic E-state index is -4.11. The third-order valence-electron chi connectivity index (χ3n) is 6.74. The number of amides is 1. The number of carbonyl (C=O) groups is 1. The number of piperazine rings is 1. The highest BCUT2D eigenvalue weighted by Crippen LogP contribution is 2.42. The molecule has 198 valence electrons. The lowest BCUT2D eigenvalue weighted by Crippen LogP contribution is -2.70. The first-order chi connectivity index (χ1) is 17.6. The Kier molecular flexibility index (Phi) is 6.37. The fraction of sp³-hybridized carbons (Fsp3) is 0.458. The van der Waals surface area contributed by atoms with Crippen LogP contribution in [0.2, 0.25) is 5.02 Å². The number of rotatable bonds is 8. The third-order valence-corrected chi connectivity index (χ3v) is 6.96. The van der Waals surface area contributed by atoms with Crippen LogP contribution in [-0.4, -0.2) is 74.8 Å². The maximum absolute atomic E-state index is 15.1. The van der Waals surface area contributed by atoms with E-state index in [0.29, 0.717) is 29.4 Å². The molecule has 1 amide bonds. The highest BCUT2D eigenvalue weighted by molar-refractivity contribution is 6.30. The summed E-state index contributed by atoms with van der Waals surface area (Å²) in [6.45, 7) is 3.38. The molecule has 3 aromatic rings. The van der Waals surface area contributed by atoms with E-state index in [2.05, 4.69) is 9.97 Å². The van der Waals surface area contributed by atoms with Crippen molar-refractivity contribution in [1.29, 1.82) is 0 Å². The Morgan fingerprint density at radius 2 is 1.97 bits per heavy atom. The van der Waals surface area contributed by atoms with Gasteiger partial charge in [0.2, 0.25) is 0 Å². The number of hydrogen-bond donors (Lipinski definition) is 2. The van der Waals surface area contributed by atoms with Gasteiger partial charge in [0.1, 0.15) is 0 Å². The van der Waals surface area contributed by atoms with Crippen molar-refractivity contribution < 1.29 is 37.7 Å². The van der Waals surface area contributed by atoms with Crippen molar-refractivity contribution >= 4 is 34.8 Å². The summed E-state index contributed by atoms with van der Waals surface area (Å²) < 4.78 is 46.3. The van der Waals surface area contributed by atoms with Gasteiger partial charge in [-0.3, -0.25) is 9.88 Å². The van der Waals surface area contributed by atoms with Crippen LogP contribution in [-0.2, 0) is 4.74 Å². The molecule has 0 aliphatic carbocycles. The summed E-state index contributed by atoms with van der Waals surface area (Å²) in [5, 5.41) is 20.2. The minimum Gasteiger partial charge on any atom is -0.465 e. The molecule has 3 saturated heterocycles. The predicted molar refractivity (Wildman–Crippen MR) is 129 cm³/mol. The number of fused-ring (bicyclic) bond motifs is 3. The third kappa shape index (κ3) is 4.32. The van der Waals surface area contributed by atoms with Gasteiger partial charge in [0, 0.05) is 37.9 Å². The normalized spacial score (nSPS) is 21.0. The molecular weight excluding hydrogens is 514 g/mol. The highest BCUT2D eigenvalue weighted by Gasteiger charge is 2.56. The van der Waals surface area contributed by atoms with Gasteiger partial charge in [-0.2, -0.15) is 13.8 Å². The summed E-state index contributed by atoms with van der Waals surface area (Å²) in [6, 6.07) is 5.80. The van der Waals surface area contributed by atoms with Crippen LogP contribution in [0.5, 0.6) is 5.75 Å². The van der Waals surface area contributed by atoms with Gasteiger partial charge in [0.15, 0.2) is 16.8 Å². The summed E-state index contributed by atoms with van der Waals surface area (Å²) >= 11 is 5.97. The number of oxazole rings is 1. The Labute approximate surface area is 215 Å². The molecule has 2 N–H and O–H groups in total. The van der Waals surface area contributed by atoms with Crippen molar-refractivity contribution in [3.8, 4) is 17.0 Å². The standard InChI is InChI=1S/C24H25ClF2N4O6/c1-3-23(34,35-4-2)24(26,27)37-18-8-6-16(17-7-5-13(25)10-28-17)20-19(18)29-21(36-20)30-11-14-9-15(12-30)31(14)22(32)33/h5-8,10,14-15,34H,3-4,9,11-12H2,1-2H3,(H,32,33). The number of anilines is 1. The van der Waals surface area contributed by atoms with Gasteiger partial charge in [-0.15, -0.1) is 0 Å². The maximum atomic E-state index is 15.1. The van der Waals surface area contributed by atoms with Crippen LogP contribution in [0.4, 0.5) is 19.6 Å². The molecule has 0 spiro atoms. The summed E-state index contributed by atoms with van der Waals surface area (Å²) in [6.07, 6.45) is -3.34. The molecule has 3 aliphatic rings. The van der Waals surface area contributed by atoms with Crippen LogP contribution in [0.1, 0.15) is 26.7 Å². The molecule has 0 saturated carbocycles. The zero-order valence-corrected chi connectivity index (χ0v) is 20.8. The number of hydrogen-bond acceptors (Lipinski definition) is 8. The number of piperidine rings is 1. The van der Waals surface area contributed by atoms with Crippen LogP contribution in [0.25, 0.3) is 22.4 Å². The quantitative estimate of drug-likeness (QED) is 0.396. The number of nitrogens with zero attached hydrogens (tertiary/aromatic N) is 4. The topological polar surface area (TPSA) is 121 Å². The summed E-state index contributed by atoms with van der Waals surface area (Å²) in [5.74, 6) is -3.18. The maximum Gasteiger partial charge on any atom is 0.454 e. The van der Waals surface area contributed by atoms with Crippen molar-refractivity contribution in [3.05, 3.63) is 35.5 Å². The Balaban J connectivity index is 1.56. The SMILES string of the molecule is CCOC(O)(CC)C(F)(F)Oc1ccc(-c2ccc(Cl)cn2)c2oc(N3CC4CC(C3)N4C(=O)O)nc12. The molecule has 5 heterocycles. The van der Waals surface area contributed by atoms with E-state index in [4.69, 9.17) is 25.5 Å². The molecular formula is C24H25ClF2N4O6. The van der Waals surface area contributed by atoms with Gasteiger partial charge >= 0.3 is 12.2 Å². The number of aliphatic hydroxyl groups is 1. The number of alkyl halides is 2. The lowest BCUT2D eigenvalue weighted by Gasteiger charge is -2.54. The number of carboxylic acid groups (broad SMARTS) is 1. The molecule has 3 unspecified atom stereocenters. The van der Waals surface area contributed by atoms with Gasteiger partial charge in [0.25, 0.3) is 11.8 Å². The molecule has 13 heteroatoms. The molecule has 3 aliphatic heterocycles. The molecule has 6 rings (SSSR count). The van der Waals surface area contributed by atoms with Gasteiger partial charge in [-0.05, 0) is 37.6 Å². The van der Waals surface area contributed by atoms with E-state index in [1.807, 2.05) is 0 Å². The van der Waals surface area contributed by atoms with E-state index in [1.165, 1.54) is 37.1 Å². The molecule has 2 bridgehead atoms. The van der Waals surface area contributed by atoms with E-state index in [-0.39, 0.29) is 41.6 Å². The smallest absolute Gasteiger partial charge is 0.454 e. The lowest BCUT2D eigenvalue weighted by molar-refractivity contribution is -0.382. The zero-order chi connectivity index (χ0) is 26.5. The molecule has 0 radical (unpaired) electrons. The molecule has 1 aromatic carbocycles. The van der Waals surface area contributed by atoms with Gasteiger partial charge in [0.05, 0.1) is 22.8 Å². The van der Waals surface area contributed by atoms with Gasteiger partial charge < -0.3 is 29.0 Å². The van der Waals surface area contributed by atoms with Crippen molar-refractivity contribution in [3.63, 3.8) is 0 Å². The van der Waals surface area contributed by atoms with Crippen LogP contribution in [0.15, 0.2) is 34.9 Å².